The van der Waals surface area contributed by atoms with Gasteiger partial charge in [-0.25, -0.2) is 15.0 Å². The molecule has 10 heteroatoms. The standard InChI is InChI=1S/C14H7F3N6O/c15-14(16,17)8-1-2-10(19-4-8)11-7-22-13(24-11)23-9-5-20-12(3-18)21-6-9/h1-2,4-7H,(H,22,23). The van der Waals surface area contributed by atoms with Crippen molar-refractivity contribution in [1.29, 1.82) is 5.26 Å². The molecule has 0 aromatic carbocycles. The predicted octanol–water partition coefficient (Wildman–Crippen LogP) is 3.16. The minimum atomic E-state index is -4.45. The van der Waals surface area contributed by atoms with Crippen molar-refractivity contribution in [3.63, 3.8) is 0 Å². The molecule has 3 rings (SSSR count). The number of rotatable bonds is 3. The highest BCUT2D eigenvalue weighted by atomic mass is 19.4. The lowest BCUT2D eigenvalue weighted by atomic mass is 10.2. The molecule has 0 aliphatic heterocycles. The first-order valence-corrected chi connectivity index (χ1v) is 6.44. The molecule has 3 aromatic rings. The normalized spacial score (nSPS) is 11.1. The Morgan fingerprint density at radius 2 is 1.75 bits per heavy atom. The van der Waals surface area contributed by atoms with Crippen LogP contribution < -0.4 is 5.32 Å². The van der Waals surface area contributed by atoms with E-state index in [-0.39, 0.29) is 23.3 Å². The minimum Gasteiger partial charge on any atom is -0.422 e. The fourth-order valence-corrected chi connectivity index (χ4v) is 1.73. The van der Waals surface area contributed by atoms with Crippen LogP contribution in [0.25, 0.3) is 11.5 Å². The quantitative estimate of drug-likeness (QED) is 0.786. The summed E-state index contributed by atoms with van der Waals surface area (Å²) in [7, 11) is 0. The number of nitrogens with zero attached hydrogens (tertiary/aromatic N) is 5. The van der Waals surface area contributed by atoms with E-state index in [1.807, 2.05) is 0 Å². The second-order valence-electron chi connectivity index (χ2n) is 4.49. The zero-order chi connectivity index (χ0) is 17.2. The molecule has 0 saturated carbocycles. The van der Waals surface area contributed by atoms with Crippen molar-refractivity contribution in [1.82, 2.24) is 19.9 Å². The summed E-state index contributed by atoms with van der Waals surface area (Å²) in [6.07, 6.45) is 0.328. The average molecular weight is 332 g/mol. The number of pyridine rings is 1. The van der Waals surface area contributed by atoms with Crippen molar-refractivity contribution in [3.8, 4) is 17.5 Å². The van der Waals surface area contributed by atoms with E-state index in [0.717, 1.165) is 12.3 Å². The van der Waals surface area contributed by atoms with Gasteiger partial charge in [-0.2, -0.15) is 18.4 Å². The van der Waals surface area contributed by atoms with E-state index in [0.29, 0.717) is 5.69 Å². The lowest BCUT2D eigenvalue weighted by Gasteiger charge is -2.05. The summed E-state index contributed by atoms with van der Waals surface area (Å²) in [5.41, 5.74) is -0.207. The molecule has 0 fully saturated rings. The minimum absolute atomic E-state index is 0.0163. The number of nitrogens with one attached hydrogen (secondary N) is 1. The van der Waals surface area contributed by atoms with E-state index in [1.165, 1.54) is 24.7 Å². The number of oxazole rings is 1. The summed E-state index contributed by atoms with van der Waals surface area (Å²) in [5.74, 6) is 0.211. The first-order valence-electron chi connectivity index (χ1n) is 6.44. The topological polar surface area (TPSA) is 101 Å². The number of hydrogen-bond donors (Lipinski definition) is 1. The molecule has 0 unspecified atom stereocenters. The fraction of sp³-hybridized carbons (Fsp3) is 0.0714. The predicted molar refractivity (Wildman–Crippen MR) is 74.8 cm³/mol. The molecule has 0 radical (unpaired) electrons. The number of aromatic nitrogens is 4. The zero-order valence-corrected chi connectivity index (χ0v) is 11.7. The molecule has 0 atom stereocenters. The van der Waals surface area contributed by atoms with Crippen LogP contribution in [0.15, 0.2) is 41.3 Å². The zero-order valence-electron chi connectivity index (χ0n) is 11.7. The number of alkyl halides is 3. The summed E-state index contributed by atoms with van der Waals surface area (Å²) in [6, 6.07) is 3.97. The van der Waals surface area contributed by atoms with Crippen LogP contribution in [0, 0.1) is 11.3 Å². The largest absolute Gasteiger partial charge is 0.422 e. The van der Waals surface area contributed by atoms with Gasteiger partial charge < -0.3 is 9.73 Å². The Kier molecular flexibility index (Phi) is 3.83. The van der Waals surface area contributed by atoms with E-state index < -0.39 is 11.7 Å². The number of hydrogen-bond acceptors (Lipinski definition) is 7. The Balaban J connectivity index is 1.76. The number of anilines is 2. The Bertz CT molecular complexity index is 881. The van der Waals surface area contributed by atoms with Crippen molar-refractivity contribution < 1.29 is 17.6 Å². The van der Waals surface area contributed by atoms with Crippen molar-refractivity contribution >= 4 is 11.7 Å². The maximum Gasteiger partial charge on any atom is 0.417 e. The van der Waals surface area contributed by atoms with Crippen LogP contribution in [0.4, 0.5) is 24.9 Å². The Morgan fingerprint density at radius 1 is 1.00 bits per heavy atom. The molecular formula is C14H7F3N6O. The average Bonchev–Trinajstić information content (AvgIpc) is 3.03. The van der Waals surface area contributed by atoms with Crippen LogP contribution in [0.2, 0.25) is 0 Å². The molecule has 24 heavy (non-hydrogen) atoms. The maximum atomic E-state index is 12.5. The van der Waals surface area contributed by atoms with Crippen LogP contribution in [0.5, 0.6) is 0 Å². The molecular weight excluding hydrogens is 325 g/mol. The second-order valence-corrected chi connectivity index (χ2v) is 4.49. The number of halogens is 3. The molecule has 0 aliphatic rings. The van der Waals surface area contributed by atoms with Crippen LogP contribution in [-0.4, -0.2) is 19.9 Å². The van der Waals surface area contributed by atoms with Crippen LogP contribution in [0.3, 0.4) is 0 Å². The van der Waals surface area contributed by atoms with E-state index in [2.05, 4.69) is 25.3 Å². The van der Waals surface area contributed by atoms with Crippen molar-refractivity contribution in [2.24, 2.45) is 0 Å². The summed E-state index contributed by atoms with van der Waals surface area (Å²) in [4.78, 5) is 15.2. The highest BCUT2D eigenvalue weighted by Gasteiger charge is 2.30. The van der Waals surface area contributed by atoms with Crippen LogP contribution in [0.1, 0.15) is 11.4 Å². The molecule has 3 heterocycles. The third-order valence-corrected chi connectivity index (χ3v) is 2.85. The number of nitriles is 1. The molecule has 120 valence electrons. The van der Waals surface area contributed by atoms with Gasteiger partial charge in [0.1, 0.15) is 11.8 Å². The first kappa shape index (κ1) is 15.4. The van der Waals surface area contributed by atoms with Gasteiger partial charge in [-0.3, -0.25) is 4.98 Å². The SMILES string of the molecule is N#Cc1ncc(Nc2ncc(-c3ccc(C(F)(F)F)cn3)o2)cn1. The van der Waals surface area contributed by atoms with Crippen LogP contribution >= 0.6 is 0 Å². The van der Waals surface area contributed by atoms with E-state index >= 15 is 0 Å². The summed E-state index contributed by atoms with van der Waals surface area (Å²) < 4.78 is 42.9. The Labute approximate surface area is 132 Å². The molecule has 0 amide bonds. The smallest absolute Gasteiger partial charge is 0.417 e. The fourth-order valence-electron chi connectivity index (χ4n) is 1.73. The van der Waals surface area contributed by atoms with E-state index in [4.69, 9.17) is 9.68 Å². The molecule has 7 nitrogen and oxygen atoms in total. The van der Waals surface area contributed by atoms with Gasteiger partial charge in [0.25, 0.3) is 6.01 Å². The van der Waals surface area contributed by atoms with Gasteiger partial charge in [0.05, 0.1) is 29.8 Å². The third kappa shape index (κ3) is 3.30. The van der Waals surface area contributed by atoms with Gasteiger partial charge in [-0.05, 0) is 12.1 Å². The van der Waals surface area contributed by atoms with Gasteiger partial charge in [-0.1, -0.05) is 0 Å². The first-order chi connectivity index (χ1) is 11.5. The maximum absolute atomic E-state index is 12.5. The molecule has 0 saturated heterocycles. The summed E-state index contributed by atoms with van der Waals surface area (Å²) in [5, 5.41) is 11.4. The molecule has 1 N–H and O–H groups in total. The molecule has 3 aromatic heterocycles. The molecule has 0 aliphatic carbocycles. The Hall–Kier alpha value is -3.48. The van der Waals surface area contributed by atoms with Crippen molar-refractivity contribution in [3.05, 3.63) is 48.3 Å². The van der Waals surface area contributed by atoms with Gasteiger partial charge >= 0.3 is 6.18 Å². The van der Waals surface area contributed by atoms with E-state index in [9.17, 15) is 13.2 Å². The van der Waals surface area contributed by atoms with E-state index in [1.54, 1.807) is 6.07 Å². The van der Waals surface area contributed by atoms with Gasteiger partial charge in [0.15, 0.2) is 5.76 Å². The molecule has 0 bridgehead atoms. The van der Waals surface area contributed by atoms with Gasteiger partial charge in [0, 0.05) is 6.20 Å². The van der Waals surface area contributed by atoms with Gasteiger partial charge in [0.2, 0.25) is 5.82 Å². The second kappa shape index (κ2) is 5.96. The van der Waals surface area contributed by atoms with Crippen LogP contribution in [-0.2, 0) is 6.18 Å². The monoisotopic (exact) mass is 332 g/mol. The Morgan fingerprint density at radius 3 is 2.33 bits per heavy atom. The summed E-state index contributed by atoms with van der Waals surface area (Å²) in [6.45, 7) is 0. The highest BCUT2D eigenvalue weighted by Crippen LogP contribution is 2.30. The third-order valence-electron chi connectivity index (χ3n) is 2.85. The van der Waals surface area contributed by atoms with Crippen molar-refractivity contribution in [2.45, 2.75) is 6.18 Å². The molecule has 0 spiro atoms. The lowest BCUT2D eigenvalue weighted by molar-refractivity contribution is -0.137. The van der Waals surface area contributed by atoms with Crippen molar-refractivity contribution in [2.75, 3.05) is 5.32 Å². The lowest BCUT2D eigenvalue weighted by Crippen LogP contribution is -2.05. The van der Waals surface area contributed by atoms with Gasteiger partial charge in [-0.15, -0.1) is 0 Å². The summed E-state index contributed by atoms with van der Waals surface area (Å²) >= 11 is 0. The highest BCUT2D eigenvalue weighted by molar-refractivity contribution is 5.55.